The Morgan fingerprint density at radius 3 is 2.19 bits per heavy atom. The maximum atomic E-state index is 12.2. The summed E-state index contributed by atoms with van der Waals surface area (Å²) in [4.78, 5) is 22.8. The van der Waals surface area contributed by atoms with E-state index < -0.39 is 5.97 Å². The molecule has 21 heavy (non-hydrogen) atoms. The lowest BCUT2D eigenvalue weighted by molar-refractivity contribution is -0.136. The number of Topliss-reactive ketones (excluding diaryl/α,β-unsaturated/α-hetero) is 1. The number of benzene rings is 1. The van der Waals surface area contributed by atoms with Crippen LogP contribution in [0.2, 0.25) is 0 Å². The van der Waals surface area contributed by atoms with Gasteiger partial charge in [-0.25, -0.2) is 0 Å². The normalized spacial score (nSPS) is 10.8. The van der Waals surface area contributed by atoms with Crippen LogP contribution in [0.3, 0.4) is 0 Å². The van der Waals surface area contributed by atoms with Gasteiger partial charge in [0.1, 0.15) is 11.5 Å². The lowest BCUT2D eigenvalue weighted by Crippen LogP contribution is -2.12. The fourth-order valence-corrected chi connectivity index (χ4v) is 1.78. The number of carboxylic acid groups (broad SMARTS) is 1. The third kappa shape index (κ3) is 5.85. The highest BCUT2D eigenvalue weighted by Gasteiger charge is 2.16. The van der Waals surface area contributed by atoms with E-state index in [1.54, 1.807) is 18.2 Å². The second-order valence-electron chi connectivity index (χ2n) is 5.31. The van der Waals surface area contributed by atoms with E-state index in [0.29, 0.717) is 17.1 Å². The van der Waals surface area contributed by atoms with Gasteiger partial charge in [-0.2, -0.15) is 0 Å². The maximum absolute atomic E-state index is 12.2. The van der Waals surface area contributed by atoms with Crippen molar-refractivity contribution in [2.45, 2.75) is 52.7 Å². The van der Waals surface area contributed by atoms with E-state index in [-0.39, 0.29) is 30.8 Å². The van der Waals surface area contributed by atoms with Crippen molar-refractivity contribution in [1.82, 2.24) is 0 Å². The van der Waals surface area contributed by atoms with Gasteiger partial charge in [-0.05, 0) is 45.9 Å². The third-order valence-electron chi connectivity index (χ3n) is 2.55. The van der Waals surface area contributed by atoms with E-state index in [9.17, 15) is 9.59 Å². The first-order valence-corrected chi connectivity index (χ1v) is 7.02. The quantitative estimate of drug-likeness (QED) is 0.745. The SMILES string of the molecule is CC(C)Oc1ccc(OC(C)C)c(C(=O)CCC(=O)O)c1. The van der Waals surface area contributed by atoms with E-state index in [0.717, 1.165) is 0 Å². The van der Waals surface area contributed by atoms with Gasteiger partial charge in [0.25, 0.3) is 0 Å². The van der Waals surface area contributed by atoms with E-state index in [1.807, 2.05) is 27.7 Å². The molecule has 1 aromatic rings. The van der Waals surface area contributed by atoms with Gasteiger partial charge in [0, 0.05) is 6.42 Å². The molecule has 0 fully saturated rings. The third-order valence-corrected chi connectivity index (χ3v) is 2.55. The first-order chi connectivity index (χ1) is 9.79. The van der Waals surface area contributed by atoms with Gasteiger partial charge in [0.2, 0.25) is 0 Å². The molecule has 0 atom stereocenters. The van der Waals surface area contributed by atoms with E-state index in [4.69, 9.17) is 14.6 Å². The summed E-state index contributed by atoms with van der Waals surface area (Å²) in [5.74, 6) is -0.234. The molecular weight excluding hydrogens is 272 g/mol. The van der Waals surface area contributed by atoms with Crippen molar-refractivity contribution in [3.8, 4) is 11.5 Å². The Hall–Kier alpha value is -2.04. The van der Waals surface area contributed by atoms with Crippen LogP contribution in [0, 0.1) is 0 Å². The summed E-state index contributed by atoms with van der Waals surface area (Å²) in [7, 11) is 0. The number of hydrogen-bond donors (Lipinski definition) is 1. The molecule has 0 aliphatic carbocycles. The predicted octanol–water partition coefficient (Wildman–Crippen LogP) is 3.31. The molecule has 1 aromatic carbocycles. The van der Waals surface area contributed by atoms with Crippen LogP contribution in [0.15, 0.2) is 18.2 Å². The van der Waals surface area contributed by atoms with Crippen LogP contribution in [0.25, 0.3) is 0 Å². The Balaban J connectivity index is 3.03. The topological polar surface area (TPSA) is 72.8 Å². The minimum atomic E-state index is -0.996. The predicted molar refractivity (Wildman–Crippen MR) is 79.2 cm³/mol. The van der Waals surface area contributed by atoms with Crippen molar-refractivity contribution in [2.75, 3.05) is 0 Å². The highest BCUT2D eigenvalue weighted by Crippen LogP contribution is 2.27. The number of hydrogen-bond acceptors (Lipinski definition) is 4. The van der Waals surface area contributed by atoms with Gasteiger partial charge in [0.15, 0.2) is 5.78 Å². The van der Waals surface area contributed by atoms with Crippen molar-refractivity contribution in [3.05, 3.63) is 23.8 Å². The first kappa shape index (κ1) is 17.0. The number of ether oxygens (including phenoxy) is 2. The highest BCUT2D eigenvalue weighted by atomic mass is 16.5. The van der Waals surface area contributed by atoms with E-state index in [1.165, 1.54) is 0 Å². The molecule has 0 aliphatic heterocycles. The molecule has 0 aliphatic rings. The summed E-state index contributed by atoms with van der Waals surface area (Å²) in [6.45, 7) is 7.52. The molecule has 0 radical (unpaired) electrons. The molecule has 0 aromatic heterocycles. The van der Waals surface area contributed by atoms with Crippen molar-refractivity contribution >= 4 is 11.8 Å². The largest absolute Gasteiger partial charge is 0.491 e. The molecular formula is C16H22O5. The molecule has 5 nitrogen and oxygen atoms in total. The lowest BCUT2D eigenvalue weighted by Gasteiger charge is -2.16. The van der Waals surface area contributed by atoms with Gasteiger partial charge in [-0.3, -0.25) is 9.59 Å². The fourth-order valence-electron chi connectivity index (χ4n) is 1.78. The van der Waals surface area contributed by atoms with Crippen LogP contribution in [0.5, 0.6) is 11.5 Å². The van der Waals surface area contributed by atoms with Crippen LogP contribution in [0.1, 0.15) is 50.9 Å². The zero-order valence-electron chi connectivity index (χ0n) is 12.9. The average molecular weight is 294 g/mol. The molecule has 1 N–H and O–H groups in total. The number of carbonyl (C=O) groups is 2. The molecule has 0 unspecified atom stereocenters. The lowest BCUT2D eigenvalue weighted by atomic mass is 10.0. The molecule has 0 spiro atoms. The van der Waals surface area contributed by atoms with Crippen LogP contribution in [-0.4, -0.2) is 29.1 Å². The summed E-state index contributed by atoms with van der Waals surface area (Å²) in [6.07, 6.45) is -0.346. The summed E-state index contributed by atoms with van der Waals surface area (Å²) in [5, 5.41) is 8.69. The molecule has 0 amide bonds. The van der Waals surface area contributed by atoms with Gasteiger partial charge in [0.05, 0.1) is 24.2 Å². The number of carboxylic acids is 1. The number of ketones is 1. The standard InChI is InChI=1S/C16H22O5/c1-10(2)20-12-5-7-15(21-11(3)4)13(9-12)14(17)6-8-16(18)19/h5,7,9-11H,6,8H2,1-4H3,(H,18,19). The van der Waals surface area contributed by atoms with Crippen LogP contribution in [0.4, 0.5) is 0 Å². The second kappa shape index (κ2) is 7.67. The Labute approximate surface area is 124 Å². The highest BCUT2D eigenvalue weighted by molar-refractivity contribution is 6.00. The average Bonchev–Trinajstić information content (AvgIpc) is 2.36. The molecule has 1 rings (SSSR count). The van der Waals surface area contributed by atoms with Crippen molar-refractivity contribution in [2.24, 2.45) is 0 Å². The molecule has 116 valence electrons. The minimum absolute atomic E-state index is 0.0103. The molecule has 0 heterocycles. The molecule has 0 saturated heterocycles. The van der Waals surface area contributed by atoms with Crippen LogP contribution in [-0.2, 0) is 4.79 Å². The molecule has 0 bridgehead atoms. The van der Waals surface area contributed by atoms with Gasteiger partial charge < -0.3 is 14.6 Å². The van der Waals surface area contributed by atoms with Crippen LogP contribution < -0.4 is 9.47 Å². The Kier molecular flexibility index (Phi) is 6.21. The summed E-state index contributed by atoms with van der Waals surface area (Å²) in [5.41, 5.74) is 0.364. The van der Waals surface area contributed by atoms with Gasteiger partial charge >= 0.3 is 5.97 Å². The summed E-state index contributed by atoms with van der Waals surface area (Å²) in [6, 6.07) is 5.04. The first-order valence-electron chi connectivity index (χ1n) is 7.02. The minimum Gasteiger partial charge on any atom is -0.491 e. The van der Waals surface area contributed by atoms with Crippen molar-refractivity contribution in [1.29, 1.82) is 0 Å². The maximum Gasteiger partial charge on any atom is 0.303 e. The summed E-state index contributed by atoms with van der Waals surface area (Å²) >= 11 is 0. The fraction of sp³-hybridized carbons (Fsp3) is 0.500. The molecule has 0 saturated carbocycles. The zero-order valence-corrected chi connectivity index (χ0v) is 12.9. The monoisotopic (exact) mass is 294 g/mol. The Morgan fingerprint density at radius 1 is 1.05 bits per heavy atom. The van der Waals surface area contributed by atoms with Crippen LogP contribution >= 0.6 is 0 Å². The Bertz CT molecular complexity index is 505. The van der Waals surface area contributed by atoms with Gasteiger partial charge in [-0.1, -0.05) is 0 Å². The zero-order chi connectivity index (χ0) is 16.0. The van der Waals surface area contributed by atoms with Crippen molar-refractivity contribution < 1.29 is 24.2 Å². The smallest absolute Gasteiger partial charge is 0.303 e. The van der Waals surface area contributed by atoms with E-state index in [2.05, 4.69) is 0 Å². The Morgan fingerprint density at radius 2 is 1.67 bits per heavy atom. The van der Waals surface area contributed by atoms with Gasteiger partial charge in [-0.15, -0.1) is 0 Å². The second-order valence-corrected chi connectivity index (χ2v) is 5.31. The van der Waals surface area contributed by atoms with Crippen molar-refractivity contribution in [3.63, 3.8) is 0 Å². The summed E-state index contributed by atoms with van der Waals surface area (Å²) < 4.78 is 11.2. The van der Waals surface area contributed by atoms with E-state index >= 15 is 0 Å². The number of aliphatic carboxylic acids is 1. The molecule has 5 heteroatoms. The number of rotatable bonds is 8. The number of carbonyl (C=O) groups excluding carboxylic acids is 1.